The summed E-state index contributed by atoms with van der Waals surface area (Å²) >= 11 is 1.69. The number of fused-ring (bicyclic) bond motifs is 1. The maximum Gasteiger partial charge on any atom is 0.0948 e. The molecule has 1 N–H and O–H groups in total. The topological polar surface area (TPSA) is 45.6 Å². The lowest BCUT2D eigenvalue weighted by atomic mass is 10.2. The SMILES string of the molecule is Cc1nc2ccc(N(C)CC(O)COC(C)(C)C)cc2s1. The molecule has 1 atom stereocenters. The average molecular weight is 308 g/mol. The quantitative estimate of drug-likeness (QED) is 0.921. The summed E-state index contributed by atoms with van der Waals surface area (Å²) in [7, 11) is 1.98. The molecular formula is C16H24N2O2S. The molecule has 4 nitrogen and oxygen atoms in total. The van der Waals surface area contributed by atoms with Crippen LogP contribution in [0.3, 0.4) is 0 Å². The highest BCUT2D eigenvalue weighted by atomic mass is 32.1. The van der Waals surface area contributed by atoms with Crippen LogP contribution in [0.1, 0.15) is 25.8 Å². The Morgan fingerprint density at radius 3 is 2.76 bits per heavy atom. The fraction of sp³-hybridized carbons (Fsp3) is 0.562. The van der Waals surface area contributed by atoms with Gasteiger partial charge in [0.15, 0.2) is 0 Å². The Balaban J connectivity index is 1.99. The molecule has 1 heterocycles. The first-order valence-corrected chi connectivity index (χ1v) is 7.96. The zero-order valence-corrected chi connectivity index (χ0v) is 14.2. The molecular weight excluding hydrogens is 284 g/mol. The van der Waals surface area contributed by atoms with Crippen LogP contribution >= 0.6 is 11.3 Å². The number of likely N-dealkylation sites (N-methyl/N-ethyl adjacent to an activating group) is 1. The van der Waals surface area contributed by atoms with Gasteiger partial charge in [0.25, 0.3) is 0 Å². The van der Waals surface area contributed by atoms with Gasteiger partial charge in [-0.1, -0.05) is 0 Å². The van der Waals surface area contributed by atoms with Crippen molar-refractivity contribution in [2.75, 3.05) is 25.1 Å². The Hall–Kier alpha value is -1.17. The fourth-order valence-corrected chi connectivity index (χ4v) is 2.95. The Morgan fingerprint density at radius 1 is 1.38 bits per heavy atom. The number of anilines is 1. The van der Waals surface area contributed by atoms with Gasteiger partial charge < -0.3 is 14.7 Å². The van der Waals surface area contributed by atoms with E-state index in [0.717, 1.165) is 16.2 Å². The van der Waals surface area contributed by atoms with Crippen LogP contribution in [0.25, 0.3) is 10.2 Å². The molecule has 21 heavy (non-hydrogen) atoms. The maximum atomic E-state index is 10.1. The second kappa shape index (κ2) is 6.30. The second-order valence-corrected chi connectivity index (χ2v) is 7.58. The number of rotatable bonds is 5. The largest absolute Gasteiger partial charge is 0.389 e. The van der Waals surface area contributed by atoms with Gasteiger partial charge in [-0.05, 0) is 45.9 Å². The molecule has 0 fully saturated rings. The number of aromatic nitrogens is 1. The van der Waals surface area contributed by atoms with E-state index < -0.39 is 6.10 Å². The summed E-state index contributed by atoms with van der Waals surface area (Å²) in [6, 6.07) is 6.19. The average Bonchev–Trinajstić information content (AvgIpc) is 2.74. The highest BCUT2D eigenvalue weighted by Gasteiger charge is 2.15. The van der Waals surface area contributed by atoms with Crippen LogP contribution in [-0.2, 0) is 4.74 Å². The van der Waals surface area contributed by atoms with Gasteiger partial charge in [-0.2, -0.15) is 0 Å². The van der Waals surface area contributed by atoms with Crippen LogP contribution in [-0.4, -0.2) is 42.0 Å². The van der Waals surface area contributed by atoms with E-state index in [0.29, 0.717) is 13.2 Å². The Morgan fingerprint density at radius 2 is 2.10 bits per heavy atom. The normalized spacial score (nSPS) is 13.6. The van der Waals surface area contributed by atoms with Crippen molar-refractivity contribution < 1.29 is 9.84 Å². The number of thiazole rings is 1. The standard InChI is InChI=1S/C16H24N2O2S/c1-11-17-14-7-6-12(8-15(14)21-11)18(5)9-13(19)10-20-16(2,3)4/h6-8,13,19H,9-10H2,1-5H3. The molecule has 0 saturated carbocycles. The van der Waals surface area contributed by atoms with E-state index in [2.05, 4.69) is 11.1 Å². The summed E-state index contributed by atoms with van der Waals surface area (Å²) in [6.45, 7) is 8.87. The fourth-order valence-electron chi connectivity index (χ4n) is 2.09. The van der Waals surface area contributed by atoms with Gasteiger partial charge in [-0.3, -0.25) is 0 Å². The third kappa shape index (κ3) is 4.66. The van der Waals surface area contributed by atoms with Crippen molar-refractivity contribution in [1.29, 1.82) is 0 Å². The minimum Gasteiger partial charge on any atom is -0.389 e. The summed E-state index contributed by atoms with van der Waals surface area (Å²) in [6.07, 6.45) is -0.506. The van der Waals surface area contributed by atoms with E-state index in [1.54, 1.807) is 11.3 Å². The van der Waals surface area contributed by atoms with Gasteiger partial charge >= 0.3 is 0 Å². The van der Waals surface area contributed by atoms with E-state index in [-0.39, 0.29) is 5.60 Å². The zero-order chi connectivity index (χ0) is 15.6. The molecule has 0 aliphatic heterocycles. The zero-order valence-electron chi connectivity index (χ0n) is 13.4. The van der Waals surface area contributed by atoms with Crippen molar-refractivity contribution in [3.8, 4) is 0 Å². The molecule has 5 heteroatoms. The van der Waals surface area contributed by atoms with Crippen molar-refractivity contribution in [2.45, 2.75) is 39.4 Å². The predicted octanol–water partition coefficient (Wildman–Crippen LogP) is 3.22. The Bertz CT molecular complexity index is 604. The number of aryl methyl sites for hydroxylation is 1. The van der Waals surface area contributed by atoms with E-state index in [1.807, 2.05) is 51.8 Å². The van der Waals surface area contributed by atoms with Gasteiger partial charge in [0.2, 0.25) is 0 Å². The number of ether oxygens (including phenoxy) is 1. The maximum absolute atomic E-state index is 10.1. The minimum atomic E-state index is -0.506. The summed E-state index contributed by atoms with van der Waals surface area (Å²) < 4.78 is 6.79. The number of aliphatic hydroxyl groups excluding tert-OH is 1. The number of aliphatic hydroxyl groups is 1. The highest BCUT2D eigenvalue weighted by Crippen LogP contribution is 2.26. The van der Waals surface area contributed by atoms with Crippen LogP contribution in [0.4, 0.5) is 5.69 Å². The number of benzene rings is 1. The molecule has 0 radical (unpaired) electrons. The summed E-state index contributed by atoms with van der Waals surface area (Å²) in [5.41, 5.74) is 1.89. The van der Waals surface area contributed by atoms with Crippen molar-refractivity contribution in [3.63, 3.8) is 0 Å². The van der Waals surface area contributed by atoms with Gasteiger partial charge in [-0.15, -0.1) is 11.3 Å². The molecule has 2 rings (SSSR count). The first-order chi connectivity index (χ1) is 9.74. The second-order valence-electron chi connectivity index (χ2n) is 6.34. The molecule has 116 valence electrons. The molecule has 1 aromatic carbocycles. The van der Waals surface area contributed by atoms with Crippen LogP contribution in [0.5, 0.6) is 0 Å². The molecule has 0 saturated heterocycles. The molecule has 2 aromatic rings. The van der Waals surface area contributed by atoms with E-state index in [4.69, 9.17) is 4.74 Å². The van der Waals surface area contributed by atoms with Crippen molar-refractivity contribution in [2.24, 2.45) is 0 Å². The first kappa shape index (κ1) is 16.2. The number of hydrogen-bond donors (Lipinski definition) is 1. The van der Waals surface area contributed by atoms with Crippen LogP contribution in [0.2, 0.25) is 0 Å². The van der Waals surface area contributed by atoms with Crippen LogP contribution in [0, 0.1) is 6.92 Å². The van der Waals surface area contributed by atoms with Crippen LogP contribution in [0.15, 0.2) is 18.2 Å². The van der Waals surface area contributed by atoms with Gasteiger partial charge in [0.05, 0.1) is 33.5 Å². The van der Waals surface area contributed by atoms with Crippen molar-refractivity contribution >= 4 is 27.2 Å². The number of nitrogens with zero attached hydrogens (tertiary/aromatic N) is 2. The number of hydrogen-bond acceptors (Lipinski definition) is 5. The van der Waals surface area contributed by atoms with E-state index in [9.17, 15) is 5.11 Å². The third-order valence-corrected chi connectivity index (χ3v) is 4.05. The Kier molecular flexibility index (Phi) is 4.86. The van der Waals surface area contributed by atoms with Crippen LogP contribution < -0.4 is 4.90 Å². The van der Waals surface area contributed by atoms with Gasteiger partial charge in [0, 0.05) is 19.3 Å². The third-order valence-electron chi connectivity index (χ3n) is 3.11. The summed E-state index contributed by atoms with van der Waals surface area (Å²) in [5, 5.41) is 11.2. The molecule has 1 unspecified atom stereocenters. The predicted molar refractivity (Wildman–Crippen MR) is 89.3 cm³/mol. The molecule has 0 spiro atoms. The van der Waals surface area contributed by atoms with Crippen molar-refractivity contribution in [3.05, 3.63) is 23.2 Å². The Labute approximate surface area is 130 Å². The van der Waals surface area contributed by atoms with Gasteiger partial charge in [-0.25, -0.2) is 4.98 Å². The molecule has 0 amide bonds. The molecule has 1 aromatic heterocycles. The summed E-state index contributed by atoms with van der Waals surface area (Å²) in [4.78, 5) is 6.51. The van der Waals surface area contributed by atoms with Crippen molar-refractivity contribution in [1.82, 2.24) is 4.98 Å². The molecule has 0 aliphatic carbocycles. The van der Waals surface area contributed by atoms with Gasteiger partial charge in [0.1, 0.15) is 0 Å². The lowest BCUT2D eigenvalue weighted by Gasteiger charge is -2.26. The van der Waals surface area contributed by atoms with E-state index >= 15 is 0 Å². The van der Waals surface area contributed by atoms with E-state index in [1.165, 1.54) is 4.70 Å². The molecule has 0 aliphatic rings. The lowest BCUT2D eigenvalue weighted by Crippen LogP contribution is -2.34. The highest BCUT2D eigenvalue weighted by molar-refractivity contribution is 7.18. The monoisotopic (exact) mass is 308 g/mol. The first-order valence-electron chi connectivity index (χ1n) is 7.15. The molecule has 0 bridgehead atoms. The lowest BCUT2D eigenvalue weighted by molar-refractivity contribution is -0.0461. The summed E-state index contributed by atoms with van der Waals surface area (Å²) in [5.74, 6) is 0. The minimum absolute atomic E-state index is 0.224. The smallest absolute Gasteiger partial charge is 0.0948 e.